The lowest BCUT2D eigenvalue weighted by atomic mass is 9.94. The molecule has 9 nitrogen and oxygen atoms in total. The van der Waals surface area contributed by atoms with Crippen LogP contribution in [0, 0.1) is 0 Å². The van der Waals surface area contributed by atoms with Gasteiger partial charge in [0, 0.05) is 27.8 Å². The highest BCUT2D eigenvalue weighted by Crippen LogP contribution is 2.46. The number of halogens is 2. The fraction of sp³-hybridized carbons (Fsp3) is 0.333. The van der Waals surface area contributed by atoms with Crippen LogP contribution in [0.3, 0.4) is 0 Å². The topological polar surface area (TPSA) is 111 Å². The van der Waals surface area contributed by atoms with Crippen molar-refractivity contribution in [1.82, 2.24) is 10.2 Å². The van der Waals surface area contributed by atoms with Crippen LogP contribution in [0.25, 0.3) is 5.76 Å². The van der Waals surface area contributed by atoms with Gasteiger partial charge in [0.05, 0.1) is 24.8 Å². The zero-order valence-corrected chi connectivity index (χ0v) is 30.3. The molecular formula is C36H35Cl2N3O6S2. The minimum absolute atomic E-state index is 0.00199. The Balaban J connectivity index is 1.40. The second-order valence-corrected chi connectivity index (χ2v) is 14.7. The Hall–Kier alpha value is -3.77. The van der Waals surface area contributed by atoms with Crippen LogP contribution in [-0.2, 0) is 21.8 Å². The van der Waals surface area contributed by atoms with Gasteiger partial charge in [-0.2, -0.15) is 0 Å². The van der Waals surface area contributed by atoms with E-state index in [-0.39, 0.29) is 22.6 Å². The molecule has 0 unspecified atom stereocenters. The van der Waals surface area contributed by atoms with Crippen molar-refractivity contribution in [3.05, 3.63) is 92.5 Å². The number of fused-ring (bicyclic) bond motifs is 1. The van der Waals surface area contributed by atoms with Crippen LogP contribution in [0.1, 0.15) is 68.3 Å². The Morgan fingerprint density at radius 2 is 1.88 bits per heavy atom. The number of aromatic nitrogens is 2. The number of hydrogen-bond acceptors (Lipinski definition) is 10. The third-order valence-electron chi connectivity index (χ3n) is 8.17. The molecule has 1 aromatic heterocycles. The van der Waals surface area contributed by atoms with Gasteiger partial charge in [0.2, 0.25) is 5.13 Å². The molecule has 3 heterocycles. The summed E-state index contributed by atoms with van der Waals surface area (Å²) in [5.41, 5.74) is 2.67. The highest BCUT2D eigenvalue weighted by atomic mass is 35.5. The molecule has 4 aromatic rings. The highest BCUT2D eigenvalue weighted by molar-refractivity contribution is 8.00. The summed E-state index contributed by atoms with van der Waals surface area (Å²) in [7, 11) is 0. The van der Waals surface area contributed by atoms with Crippen molar-refractivity contribution in [2.45, 2.75) is 68.7 Å². The second kappa shape index (κ2) is 15.4. The third kappa shape index (κ3) is 7.55. The van der Waals surface area contributed by atoms with Crippen LogP contribution in [0.5, 0.6) is 17.2 Å². The van der Waals surface area contributed by atoms with E-state index in [2.05, 4.69) is 17.1 Å². The second-order valence-electron chi connectivity index (χ2n) is 11.7. The van der Waals surface area contributed by atoms with Gasteiger partial charge in [-0.05, 0) is 79.4 Å². The summed E-state index contributed by atoms with van der Waals surface area (Å²) in [5.74, 6) is 0.309. The smallest absolute Gasteiger partial charge is 0.301 e. The van der Waals surface area contributed by atoms with Crippen LogP contribution in [0.15, 0.2) is 64.5 Å². The molecule has 1 saturated heterocycles. The molecule has 0 aliphatic carbocycles. The zero-order chi connectivity index (χ0) is 34.7. The van der Waals surface area contributed by atoms with Gasteiger partial charge < -0.3 is 19.3 Å². The molecule has 0 bridgehead atoms. The van der Waals surface area contributed by atoms with E-state index in [1.807, 2.05) is 19.9 Å². The summed E-state index contributed by atoms with van der Waals surface area (Å²) >= 11 is 15.0. The van der Waals surface area contributed by atoms with E-state index in [4.69, 9.17) is 37.4 Å². The molecule has 1 N–H and O–H groups in total. The van der Waals surface area contributed by atoms with Gasteiger partial charge >= 0.3 is 5.91 Å². The molecule has 49 heavy (non-hydrogen) atoms. The number of thioether (sulfide) groups is 1. The molecule has 3 aromatic carbocycles. The van der Waals surface area contributed by atoms with E-state index in [9.17, 15) is 14.7 Å². The number of aliphatic hydroxyl groups excluding tert-OH is 1. The van der Waals surface area contributed by atoms with E-state index in [0.29, 0.717) is 62.4 Å². The molecule has 1 amide bonds. The fourth-order valence-corrected chi connectivity index (χ4v) is 8.25. The average molecular weight is 741 g/mol. The van der Waals surface area contributed by atoms with Crippen molar-refractivity contribution in [2.75, 3.05) is 18.1 Å². The van der Waals surface area contributed by atoms with Gasteiger partial charge in [0.1, 0.15) is 17.6 Å². The van der Waals surface area contributed by atoms with Gasteiger partial charge in [-0.3, -0.25) is 14.5 Å². The van der Waals surface area contributed by atoms with Crippen molar-refractivity contribution in [2.24, 2.45) is 0 Å². The lowest BCUT2D eigenvalue weighted by molar-refractivity contribution is -0.132. The van der Waals surface area contributed by atoms with Crippen molar-refractivity contribution >= 4 is 68.9 Å². The number of benzene rings is 3. The van der Waals surface area contributed by atoms with Gasteiger partial charge in [0.25, 0.3) is 5.78 Å². The monoisotopic (exact) mass is 739 g/mol. The SMILES string of the molecule is CCCCCOc1ccc([C@@H]2C(=C(O)c3ccc4c(c3)C[C@H](C)O4)C(=O)C(=O)N2c2nnc(SCc3ccc(Cl)cc3Cl)s2)cc1OCC. The molecule has 0 radical (unpaired) electrons. The summed E-state index contributed by atoms with van der Waals surface area (Å²) < 4.78 is 18.4. The molecule has 2 aliphatic heterocycles. The lowest BCUT2D eigenvalue weighted by Gasteiger charge is -2.23. The number of rotatable bonds is 13. The maximum absolute atomic E-state index is 13.9. The number of hydrogen-bond donors (Lipinski definition) is 1. The van der Waals surface area contributed by atoms with Gasteiger partial charge in [-0.1, -0.05) is 78.2 Å². The van der Waals surface area contributed by atoms with Crippen LogP contribution in [0.4, 0.5) is 5.13 Å². The Morgan fingerprint density at radius 1 is 1.04 bits per heavy atom. The molecule has 0 spiro atoms. The van der Waals surface area contributed by atoms with Gasteiger partial charge in [-0.25, -0.2) is 0 Å². The predicted octanol–water partition coefficient (Wildman–Crippen LogP) is 9.05. The van der Waals surface area contributed by atoms with E-state index in [1.54, 1.807) is 48.5 Å². The largest absolute Gasteiger partial charge is 0.507 e. The van der Waals surface area contributed by atoms with Crippen LogP contribution >= 0.6 is 46.3 Å². The van der Waals surface area contributed by atoms with Gasteiger partial charge in [0.15, 0.2) is 15.8 Å². The van der Waals surface area contributed by atoms with Crippen molar-refractivity contribution in [1.29, 1.82) is 0 Å². The lowest BCUT2D eigenvalue weighted by Crippen LogP contribution is -2.29. The summed E-state index contributed by atoms with van der Waals surface area (Å²) in [4.78, 5) is 29.0. The van der Waals surface area contributed by atoms with E-state index in [0.717, 1.165) is 36.1 Å². The first-order valence-electron chi connectivity index (χ1n) is 16.1. The number of carbonyl (C=O) groups excluding carboxylic acids is 2. The van der Waals surface area contributed by atoms with Crippen LogP contribution in [-0.4, -0.2) is 46.3 Å². The number of nitrogens with zero attached hydrogens (tertiary/aromatic N) is 3. The third-order valence-corrected chi connectivity index (χ3v) is 10.9. The first-order valence-corrected chi connectivity index (χ1v) is 18.6. The Bertz CT molecular complexity index is 1920. The van der Waals surface area contributed by atoms with Crippen molar-refractivity contribution in [3.8, 4) is 17.2 Å². The summed E-state index contributed by atoms with van der Waals surface area (Å²) in [6, 6.07) is 14.9. The Kier molecular flexibility index (Phi) is 11.0. The molecule has 1 fully saturated rings. The van der Waals surface area contributed by atoms with E-state index in [1.165, 1.54) is 28.0 Å². The summed E-state index contributed by atoms with van der Waals surface area (Å²) in [6.07, 6.45) is 3.67. The molecule has 256 valence electrons. The summed E-state index contributed by atoms with van der Waals surface area (Å²) in [5, 5.41) is 21.7. The minimum Gasteiger partial charge on any atom is -0.507 e. The number of amides is 1. The van der Waals surface area contributed by atoms with E-state index < -0.39 is 17.7 Å². The number of anilines is 1. The minimum atomic E-state index is -1.02. The number of unbranched alkanes of at least 4 members (excludes halogenated alkanes) is 2. The normalized spacial score (nSPS) is 18.1. The fourth-order valence-electron chi connectivity index (χ4n) is 5.82. The first-order chi connectivity index (χ1) is 23.7. The number of aliphatic hydroxyl groups is 1. The van der Waals surface area contributed by atoms with Crippen LogP contribution < -0.4 is 19.1 Å². The number of Topliss-reactive ketones (excluding diaryl/α,β-unsaturated/α-hetero) is 1. The average Bonchev–Trinajstić information content (AvgIpc) is 3.77. The van der Waals surface area contributed by atoms with Gasteiger partial charge in [-0.15, -0.1) is 10.2 Å². The standard InChI is InChI=1S/C36H35Cl2N3O6S2/c1-4-6-7-14-46-28-13-9-21(17-29(28)45-5-2)31-30(32(42)22-10-12-27-24(16-22)15-20(3)47-27)33(43)34(44)41(31)35-39-40-36(49-35)48-19-23-8-11-25(37)18-26(23)38/h8-13,16-18,20,31,42H,4-7,14-15,19H2,1-3H3/t20-,31+/m0/s1. The van der Waals surface area contributed by atoms with E-state index >= 15 is 0 Å². The maximum atomic E-state index is 13.9. The van der Waals surface area contributed by atoms with Crippen molar-refractivity contribution < 1.29 is 28.9 Å². The quantitative estimate of drug-likeness (QED) is 0.0359. The molecular weight excluding hydrogens is 705 g/mol. The molecule has 0 saturated carbocycles. The Labute approximate surface area is 303 Å². The first kappa shape index (κ1) is 35.1. The summed E-state index contributed by atoms with van der Waals surface area (Å²) in [6.45, 7) is 6.87. The number of carbonyl (C=O) groups is 2. The molecule has 6 rings (SSSR count). The Morgan fingerprint density at radius 3 is 2.65 bits per heavy atom. The maximum Gasteiger partial charge on any atom is 0.301 e. The zero-order valence-electron chi connectivity index (χ0n) is 27.2. The highest BCUT2D eigenvalue weighted by Gasteiger charge is 2.48. The number of ketones is 1. The van der Waals surface area contributed by atoms with Crippen LogP contribution in [0.2, 0.25) is 10.0 Å². The molecule has 2 atom stereocenters. The predicted molar refractivity (Wildman–Crippen MR) is 194 cm³/mol. The molecule has 13 heteroatoms. The number of ether oxygens (including phenoxy) is 3. The molecule has 2 aliphatic rings. The van der Waals surface area contributed by atoms with Crippen molar-refractivity contribution in [3.63, 3.8) is 0 Å².